The van der Waals surface area contributed by atoms with Gasteiger partial charge in [-0.15, -0.1) is 0 Å². The molecule has 1 saturated heterocycles. The summed E-state index contributed by atoms with van der Waals surface area (Å²) in [4.78, 5) is 11.9. The standard InChI is InChI=1S/C16H25N3O3S/c1-13(17)11-16(20)18-12-14-5-7-15(8-6-14)23(21,22)19-9-3-2-4-10-19/h5-8,13H,2-4,9-12,17H2,1H3,(H,18,20). The van der Waals surface area contributed by atoms with Crippen LogP contribution < -0.4 is 11.1 Å². The van der Waals surface area contributed by atoms with Gasteiger partial charge in [0.1, 0.15) is 0 Å². The third-order valence-electron chi connectivity index (χ3n) is 3.87. The summed E-state index contributed by atoms with van der Waals surface area (Å²) in [5.41, 5.74) is 6.43. The third kappa shape index (κ3) is 5.02. The van der Waals surface area contributed by atoms with Gasteiger partial charge >= 0.3 is 0 Å². The van der Waals surface area contributed by atoms with Gasteiger partial charge in [0.05, 0.1) is 4.90 Å². The molecule has 6 nitrogen and oxygen atoms in total. The van der Waals surface area contributed by atoms with E-state index in [0.29, 0.717) is 24.5 Å². The number of carbonyl (C=O) groups is 1. The van der Waals surface area contributed by atoms with Crippen LogP contribution in [0, 0.1) is 0 Å². The zero-order chi connectivity index (χ0) is 16.9. The molecule has 1 amide bonds. The van der Waals surface area contributed by atoms with E-state index in [-0.39, 0.29) is 18.4 Å². The summed E-state index contributed by atoms with van der Waals surface area (Å²) in [6, 6.07) is 6.52. The number of rotatable bonds is 6. The summed E-state index contributed by atoms with van der Waals surface area (Å²) in [5.74, 6) is -0.106. The van der Waals surface area contributed by atoms with Crippen LogP contribution in [0.3, 0.4) is 0 Å². The topological polar surface area (TPSA) is 92.5 Å². The SMILES string of the molecule is CC(N)CC(=O)NCc1ccc(S(=O)(=O)N2CCCCC2)cc1. The van der Waals surface area contributed by atoms with E-state index in [1.165, 1.54) is 0 Å². The maximum atomic E-state index is 12.5. The average molecular weight is 339 g/mol. The Bertz CT molecular complexity index is 620. The van der Waals surface area contributed by atoms with E-state index in [1.807, 2.05) is 0 Å². The van der Waals surface area contributed by atoms with Gasteiger partial charge in [-0.05, 0) is 37.5 Å². The predicted molar refractivity (Wildman–Crippen MR) is 89.2 cm³/mol. The normalized spacial score (nSPS) is 17.7. The minimum absolute atomic E-state index is 0.106. The monoisotopic (exact) mass is 339 g/mol. The number of hydrogen-bond donors (Lipinski definition) is 2. The van der Waals surface area contributed by atoms with Crippen molar-refractivity contribution in [2.24, 2.45) is 5.73 Å². The van der Waals surface area contributed by atoms with Crippen LogP contribution in [0.25, 0.3) is 0 Å². The van der Waals surface area contributed by atoms with Gasteiger partial charge in [0.15, 0.2) is 0 Å². The van der Waals surface area contributed by atoms with Crippen molar-refractivity contribution >= 4 is 15.9 Å². The average Bonchev–Trinajstić information content (AvgIpc) is 2.53. The van der Waals surface area contributed by atoms with E-state index >= 15 is 0 Å². The number of nitrogens with zero attached hydrogens (tertiary/aromatic N) is 1. The van der Waals surface area contributed by atoms with Gasteiger partial charge in [0.2, 0.25) is 15.9 Å². The Morgan fingerprint density at radius 3 is 2.39 bits per heavy atom. The molecule has 1 atom stereocenters. The van der Waals surface area contributed by atoms with Crippen molar-refractivity contribution in [1.29, 1.82) is 0 Å². The van der Waals surface area contributed by atoms with E-state index in [9.17, 15) is 13.2 Å². The first-order valence-corrected chi connectivity index (χ1v) is 9.45. The molecule has 23 heavy (non-hydrogen) atoms. The zero-order valence-electron chi connectivity index (χ0n) is 13.5. The first-order chi connectivity index (χ1) is 10.9. The number of hydrogen-bond acceptors (Lipinski definition) is 4. The van der Waals surface area contributed by atoms with E-state index in [2.05, 4.69) is 5.32 Å². The molecule has 0 bridgehead atoms. The fraction of sp³-hybridized carbons (Fsp3) is 0.562. The van der Waals surface area contributed by atoms with Crippen molar-refractivity contribution in [2.45, 2.75) is 50.1 Å². The van der Waals surface area contributed by atoms with E-state index in [1.54, 1.807) is 35.5 Å². The maximum absolute atomic E-state index is 12.5. The fourth-order valence-corrected chi connectivity index (χ4v) is 4.12. The van der Waals surface area contributed by atoms with Crippen molar-refractivity contribution in [1.82, 2.24) is 9.62 Å². The lowest BCUT2D eigenvalue weighted by atomic mass is 10.2. The lowest BCUT2D eigenvalue weighted by Gasteiger charge is -2.25. The molecule has 1 fully saturated rings. The van der Waals surface area contributed by atoms with Gasteiger partial charge in [0.25, 0.3) is 0 Å². The molecular weight excluding hydrogens is 314 g/mol. The predicted octanol–water partition coefficient (Wildman–Crippen LogP) is 1.21. The second-order valence-corrected chi connectivity index (χ2v) is 8.00. The Morgan fingerprint density at radius 2 is 1.83 bits per heavy atom. The van der Waals surface area contributed by atoms with Crippen molar-refractivity contribution < 1.29 is 13.2 Å². The molecule has 3 N–H and O–H groups in total. The van der Waals surface area contributed by atoms with Crippen molar-refractivity contribution in [3.63, 3.8) is 0 Å². The van der Waals surface area contributed by atoms with Crippen LogP contribution in [-0.4, -0.2) is 37.8 Å². The Hall–Kier alpha value is -1.44. The molecule has 0 aliphatic carbocycles. The number of carbonyl (C=O) groups excluding carboxylic acids is 1. The van der Waals surface area contributed by atoms with E-state index in [0.717, 1.165) is 24.8 Å². The first kappa shape index (κ1) is 17.9. The van der Waals surface area contributed by atoms with Crippen molar-refractivity contribution in [2.75, 3.05) is 13.1 Å². The molecule has 128 valence electrons. The molecular formula is C16H25N3O3S. The van der Waals surface area contributed by atoms with Gasteiger partial charge in [-0.2, -0.15) is 4.31 Å². The summed E-state index contributed by atoms with van der Waals surface area (Å²) < 4.78 is 26.6. The molecule has 1 unspecified atom stereocenters. The van der Waals surface area contributed by atoms with Crippen LogP contribution in [0.4, 0.5) is 0 Å². The highest BCUT2D eigenvalue weighted by Gasteiger charge is 2.25. The van der Waals surface area contributed by atoms with Crippen LogP contribution >= 0.6 is 0 Å². The third-order valence-corrected chi connectivity index (χ3v) is 5.79. The van der Waals surface area contributed by atoms with E-state index < -0.39 is 10.0 Å². The quantitative estimate of drug-likeness (QED) is 0.815. The molecule has 7 heteroatoms. The Morgan fingerprint density at radius 1 is 1.22 bits per heavy atom. The highest BCUT2D eigenvalue weighted by atomic mass is 32.2. The van der Waals surface area contributed by atoms with Crippen LogP contribution in [0.5, 0.6) is 0 Å². The minimum Gasteiger partial charge on any atom is -0.352 e. The van der Waals surface area contributed by atoms with Crippen LogP contribution in [0.1, 0.15) is 38.2 Å². The second kappa shape index (κ2) is 7.90. The number of piperidine rings is 1. The minimum atomic E-state index is -3.40. The molecule has 1 aliphatic heterocycles. The zero-order valence-corrected chi connectivity index (χ0v) is 14.3. The smallest absolute Gasteiger partial charge is 0.243 e. The van der Waals surface area contributed by atoms with E-state index in [4.69, 9.17) is 5.73 Å². The summed E-state index contributed by atoms with van der Waals surface area (Å²) >= 11 is 0. The van der Waals surface area contributed by atoms with Gasteiger partial charge in [-0.25, -0.2) is 8.42 Å². The largest absolute Gasteiger partial charge is 0.352 e. The molecule has 0 radical (unpaired) electrons. The number of benzene rings is 1. The number of nitrogens with two attached hydrogens (primary N) is 1. The highest BCUT2D eigenvalue weighted by Crippen LogP contribution is 2.20. The number of nitrogens with one attached hydrogen (secondary N) is 1. The van der Waals surface area contributed by atoms with Gasteiger partial charge in [-0.1, -0.05) is 18.6 Å². The Labute approximate surface area is 138 Å². The lowest BCUT2D eigenvalue weighted by Crippen LogP contribution is -2.35. The van der Waals surface area contributed by atoms with Gasteiger partial charge < -0.3 is 11.1 Å². The van der Waals surface area contributed by atoms with Crippen molar-refractivity contribution in [3.05, 3.63) is 29.8 Å². The molecule has 0 saturated carbocycles. The fourth-order valence-electron chi connectivity index (χ4n) is 2.60. The first-order valence-electron chi connectivity index (χ1n) is 8.01. The molecule has 2 rings (SSSR count). The maximum Gasteiger partial charge on any atom is 0.243 e. The van der Waals surface area contributed by atoms with Gasteiger partial charge in [0, 0.05) is 32.1 Å². The summed E-state index contributed by atoms with van der Waals surface area (Å²) in [6.45, 7) is 3.34. The summed E-state index contributed by atoms with van der Waals surface area (Å²) in [6.07, 6.45) is 3.21. The lowest BCUT2D eigenvalue weighted by molar-refractivity contribution is -0.121. The number of sulfonamides is 1. The van der Waals surface area contributed by atoms with Crippen LogP contribution in [-0.2, 0) is 21.4 Å². The second-order valence-electron chi connectivity index (χ2n) is 6.07. The molecule has 1 aromatic carbocycles. The Balaban J connectivity index is 1.97. The molecule has 1 aromatic rings. The summed E-state index contributed by atoms with van der Waals surface area (Å²) in [5, 5.41) is 2.77. The summed E-state index contributed by atoms with van der Waals surface area (Å²) in [7, 11) is -3.40. The van der Waals surface area contributed by atoms with Crippen LogP contribution in [0.15, 0.2) is 29.2 Å². The van der Waals surface area contributed by atoms with Crippen LogP contribution in [0.2, 0.25) is 0 Å². The Kier molecular flexibility index (Phi) is 6.15. The molecule has 0 aromatic heterocycles. The number of amides is 1. The highest BCUT2D eigenvalue weighted by molar-refractivity contribution is 7.89. The van der Waals surface area contributed by atoms with Crippen molar-refractivity contribution in [3.8, 4) is 0 Å². The van der Waals surface area contributed by atoms with Gasteiger partial charge in [-0.3, -0.25) is 4.79 Å². The molecule has 0 spiro atoms. The molecule has 1 aliphatic rings. The molecule has 1 heterocycles.